The topological polar surface area (TPSA) is 21.3 Å². The van der Waals surface area contributed by atoms with Gasteiger partial charge in [0.2, 0.25) is 0 Å². The summed E-state index contributed by atoms with van der Waals surface area (Å²) in [7, 11) is 1.75. The molecule has 2 aliphatic carbocycles. The molecule has 0 amide bonds. The SMILES string of the molecule is COCCNCC1(c2cccc(Cl)c2)CC2(CC2)C1. The van der Waals surface area contributed by atoms with E-state index in [1.165, 1.54) is 31.2 Å². The minimum atomic E-state index is 0.301. The Morgan fingerprint density at radius 3 is 2.74 bits per heavy atom. The molecule has 0 unspecified atom stereocenters. The molecule has 2 aliphatic rings. The molecule has 0 aromatic heterocycles. The number of hydrogen-bond acceptors (Lipinski definition) is 2. The second-order valence-electron chi connectivity index (χ2n) is 6.31. The summed E-state index contributed by atoms with van der Waals surface area (Å²) in [6, 6.07) is 8.42. The van der Waals surface area contributed by atoms with Gasteiger partial charge in [0.1, 0.15) is 0 Å². The van der Waals surface area contributed by atoms with Crippen LogP contribution in [0, 0.1) is 5.41 Å². The van der Waals surface area contributed by atoms with Crippen LogP contribution in [0.2, 0.25) is 5.02 Å². The van der Waals surface area contributed by atoms with Gasteiger partial charge in [0.25, 0.3) is 0 Å². The standard InChI is InChI=1S/C16H22ClNO/c1-19-8-7-18-12-16(10-15(11-16)5-6-15)13-3-2-4-14(17)9-13/h2-4,9,18H,5-8,10-12H2,1H3. The Morgan fingerprint density at radius 1 is 1.32 bits per heavy atom. The van der Waals surface area contributed by atoms with E-state index < -0.39 is 0 Å². The highest BCUT2D eigenvalue weighted by molar-refractivity contribution is 6.30. The normalized spacial score (nSPS) is 22.2. The van der Waals surface area contributed by atoms with Crippen molar-refractivity contribution in [1.29, 1.82) is 0 Å². The van der Waals surface area contributed by atoms with Crippen molar-refractivity contribution in [3.8, 4) is 0 Å². The summed E-state index contributed by atoms with van der Waals surface area (Å²) in [4.78, 5) is 0. The van der Waals surface area contributed by atoms with Crippen LogP contribution in [-0.4, -0.2) is 26.8 Å². The summed E-state index contributed by atoms with van der Waals surface area (Å²) in [5.74, 6) is 0. The molecule has 2 nitrogen and oxygen atoms in total. The van der Waals surface area contributed by atoms with Crippen LogP contribution in [-0.2, 0) is 10.2 Å². The second kappa shape index (κ2) is 5.08. The largest absolute Gasteiger partial charge is 0.383 e. The lowest BCUT2D eigenvalue weighted by Gasteiger charge is -2.49. The fraction of sp³-hybridized carbons (Fsp3) is 0.625. The first-order valence-electron chi connectivity index (χ1n) is 7.14. The lowest BCUT2D eigenvalue weighted by Crippen LogP contribution is -2.50. The van der Waals surface area contributed by atoms with E-state index in [0.717, 1.165) is 24.7 Å². The van der Waals surface area contributed by atoms with E-state index in [2.05, 4.69) is 23.5 Å². The van der Waals surface area contributed by atoms with Crippen molar-refractivity contribution in [2.75, 3.05) is 26.8 Å². The Kier molecular flexibility index (Phi) is 3.59. The van der Waals surface area contributed by atoms with Crippen LogP contribution >= 0.6 is 11.6 Å². The molecular weight excluding hydrogens is 258 g/mol. The Hall–Kier alpha value is -0.570. The Morgan fingerprint density at radius 2 is 2.11 bits per heavy atom. The van der Waals surface area contributed by atoms with Gasteiger partial charge in [-0.1, -0.05) is 23.7 Å². The lowest BCUT2D eigenvalue weighted by molar-refractivity contribution is 0.112. The van der Waals surface area contributed by atoms with Crippen LogP contribution in [0.1, 0.15) is 31.2 Å². The van der Waals surface area contributed by atoms with Gasteiger partial charge >= 0.3 is 0 Å². The van der Waals surface area contributed by atoms with E-state index in [4.69, 9.17) is 16.3 Å². The molecule has 0 atom stereocenters. The van der Waals surface area contributed by atoms with Crippen LogP contribution in [0.4, 0.5) is 0 Å². The predicted octanol–water partition coefficient (Wildman–Crippen LogP) is 3.39. The molecule has 2 saturated carbocycles. The summed E-state index contributed by atoms with van der Waals surface area (Å²) in [5.41, 5.74) is 2.39. The molecule has 1 aromatic carbocycles. The second-order valence-corrected chi connectivity index (χ2v) is 6.75. The number of benzene rings is 1. The Balaban J connectivity index is 1.70. The number of nitrogens with one attached hydrogen (secondary N) is 1. The predicted molar refractivity (Wildman–Crippen MR) is 78.8 cm³/mol. The van der Waals surface area contributed by atoms with Crippen molar-refractivity contribution in [2.45, 2.75) is 31.1 Å². The summed E-state index contributed by atoms with van der Waals surface area (Å²) >= 11 is 6.16. The van der Waals surface area contributed by atoms with E-state index in [9.17, 15) is 0 Å². The van der Waals surface area contributed by atoms with Gasteiger partial charge in [-0.25, -0.2) is 0 Å². The molecular formula is C16H22ClNO. The summed E-state index contributed by atoms with van der Waals surface area (Å²) in [5, 5.41) is 4.40. The van der Waals surface area contributed by atoms with Gasteiger partial charge in [0, 0.05) is 30.6 Å². The molecule has 3 rings (SSSR count). The fourth-order valence-corrected chi connectivity index (χ4v) is 3.86. The maximum atomic E-state index is 6.16. The number of methoxy groups -OCH3 is 1. The van der Waals surface area contributed by atoms with Gasteiger partial charge in [-0.15, -0.1) is 0 Å². The molecule has 0 radical (unpaired) electrons. The van der Waals surface area contributed by atoms with E-state index in [1.807, 2.05) is 6.07 Å². The molecule has 0 heterocycles. The Bertz CT molecular complexity index is 448. The number of hydrogen-bond donors (Lipinski definition) is 1. The van der Waals surface area contributed by atoms with Crippen molar-refractivity contribution in [3.05, 3.63) is 34.9 Å². The van der Waals surface area contributed by atoms with Crippen LogP contribution in [0.15, 0.2) is 24.3 Å². The van der Waals surface area contributed by atoms with Gasteiger partial charge in [0.05, 0.1) is 6.61 Å². The minimum absolute atomic E-state index is 0.301. The van der Waals surface area contributed by atoms with Gasteiger partial charge in [-0.05, 0) is 48.8 Å². The minimum Gasteiger partial charge on any atom is -0.383 e. The van der Waals surface area contributed by atoms with Crippen LogP contribution in [0.25, 0.3) is 0 Å². The average molecular weight is 280 g/mol. The molecule has 1 N–H and O–H groups in total. The third-order valence-electron chi connectivity index (χ3n) is 4.77. The first-order valence-corrected chi connectivity index (χ1v) is 7.52. The zero-order valence-electron chi connectivity index (χ0n) is 11.5. The molecule has 19 heavy (non-hydrogen) atoms. The monoisotopic (exact) mass is 279 g/mol. The van der Waals surface area contributed by atoms with E-state index >= 15 is 0 Å². The molecule has 1 spiro atoms. The van der Waals surface area contributed by atoms with Gasteiger partial charge in [-0.2, -0.15) is 0 Å². The van der Waals surface area contributed by atoms with E-state index in [1.54, 1.807) is 7.11 Å². The number of halogens is 1. The third-order valence-corrected chi connectivity index (χ3v) is 5.00. The zero-order valence-corrected chi connectivity index (χ0v) is 12.3. The van der Waals surface area contributed by atoms with Crippen molar-refractivity contribution >= 4 is 11.6 Å². The molecule has 2 fully saturated rings. The molecule has 104 valence electrons. The van der Waals surface area contributed by atoms with Gasteiger partial charge in [0.15, 0.2) is 0 Å². The van der Waals surface area contributed by atoms with Gasteiger partial charge < -0.3 is 10.1 Å². The lowest BCUT2D eigenvalue weighted by atomic mass is 9.56. The van der Waals surface area contributed by atoms with Crippen molar-refractivity contribution in [2.24, 2.45) is 5.41 Å². The highest BCUT2D eigenvalue weighted by atomic mass is 35.5. The number of ether oxygens (including phenoxy) is 1. The summed E-state index contributed by atoms with van der Waals surface area (Å²) in [6.07, 6.45) is 5.49. The quantitative estimate of drug-likeness (QED) is 0.806. The van der Waals surface area contributed by atoms with E-state index in [0.29, 0.717) is 10.8 Å². The first-order chi connectivity index (χ1) is 9.18. The highest BCUT2D eigenvalue weighted by Crippen LogP contribution is 2.68. The average Bonchev–Trinajstić information content (AvgIpc) is 3.13. The van der Waals surface area contributed by atoms with Crippen LogP contribution in [0.3, 0.4) is 0 Å². The zero-order chi connectivity index (χ0) is 13.3. The Labute approximate surface area is 120 Å². The number of rotatable bonds is 6. The smallest absolute Gasteiger partial charge is 0.0587 e. The summed E-state index contributed by atoms with van der Waals surface area (Å²) in [6.45, 7) is 2.74. The van der Waals surface area contributed by atoms with Crippen LogP contribution in [0.5, 0.6) is 0 Å². The molecule has 1 aromatic rings. The van der Waals surface area contributed by atoms with E-state index in [-0.39, 0.29) is 0 Å². The molecule has 0 aliphatic heterocycles. The molecule has 0 bridgehead atoms. The van der Waals surface area contributed by atoms with Crippen molar-refractivity contribution < 1.29 is 4.74 Å². The maximum Gasteiger partial charge on any atom is 0.0587 e. The van der Waals surface area contributed by atoms with Crippen molar-refractivity contribution in [1.82, 2.24) is 5.32 Å². The fourth-order valence-electron chi connectivity index (χ4n) is 3.67. The third kappa shape index (κ3) is 2.67. The highest BCUT2D eigenvalue weighted by Gasteiger charge is 2.60. The van der Waals surface area contributed by atoms with Gasteiger partial charge in [-0.3, -0.25) is 0 Å². The first kappa shape index (κ1) is 13.4. The summed E-state index contributed by atoms with van der Waals surface area (Å²) < 4.78 is 5.10. The van der Waals surface area contributed by atoms with Crippen LogP contribution < -0.4 is 5.32 Å². The maximum absolute atomic E-state index is 6.16. The molecule has 3 heteroatoms. The molecule has 0 saturated heterocycles. The van der Waals surface area contributed by atoms with Crippen molar-refractivity contribution in [3.63, 3.8) is 0 Å².